The molecule has 0 spiro atoms. The number of nitrogens with zero attached hydrogens (tertiary/aromatic N) is 1. The average molecular weight is 223 g/mol. The minimum absolute atomic E-state index is 0.00207. The van der Waals surface area contributed by atoms with Gasteiger partial charge in [0.05, 0.1) is 13.2 Å². The SMILES string of the molecule is CCCCOc1nc(C)cc(CC)c1CO. The second-order valence-electron chi connectivity index (χ2n) is 3.92. The summed E-state index contributed by atoms with van der Waals surface area (Å²) in [6.07, 6.45) is 3.01. The van der Waals surface area contributed by atoms with Crippen LogP contribution in [0.15, 0.2) is 6.07 Å². The first-order valence-corrected chi connectivity index (χ1v) is 5.95. The van der Waals surface area contributed by atoms with Gasteiger partial charge >= 0.3 is 0 Å². The maximum absolute atomic E-state index is 9.36. The summed E-state index contributed by atoms with van der Waals surface area (Å²) in [5.41, 5.74) is 2.91. The minimum atomic E-state index is -0.00207. The molecular weight excluding hydrogens is 202 g/mol. The molecule has 0 unspecified atom stereocenters. The Hall–Kier alpha value is -1.09. The maximum Gasteiger partial charge on any atom is 0.219 e. The number of aryl methyl sites for hydroxylation is 2. The van der Waals surface area contributed by atoms with Crippen LogP contribution in [-0.4, -0.2) is 16.7 Å². The molecule has 0 saturated heterocycles. The Morgan fingerprint density at radius 2 is 2.12 bits per heavy atom. The molecule has 1 heterocycles. The van der Waals surface area contributed by atoms with E-state index in [0.717, 1.165) is 36.1 Å². The third-order valence-corrected chi connectivity index (χ3v) is 2.58. The number of hydrogen-bond donors (Lipinski definition) is 1. The summed E-state index contributed by atoms with van der Waals surface area (Å²) in [4.78, 5) is 4.34. The van der Waals surface area contributed by atoms with Gasteiger partial charge in [-0.15, -0.1) is 0 Å². The molecule has 1 N–H and O–H groups in total. The molecule has 0 atom stereocenters. The monoisotopic (exact) mass is 223 g/mol. The molecule has 3 nitrogen and oxygen atoms in total. The van der Waals surface area contributed by atoms with Crippen molar-refractivity contribution in [3.05, 3.63) is 22.9 Å². The van der Waals surface area contributed by atoms with Gasteiger partial charge in [-0.2, -0.15) is 0 Å². The second kappa shape index (κ2) is 6.48. The molecule has 0 aliphatic heterocycles. The molecule has 3 heteroatoms. The van der Waals surface area contributed by atoms with E-state index < -0.39 is 0 Å². The summed E-state index contributed by atoms with van der Waals surface area (Å²) in [6.45, 7) is 6.81. The van der Waals surface area contributed by atoms with Gasteiger partial charge in [0.25, 0.3) is 0 Å². The number of ether oxygens (including phenoxy) is 1. The van der Waals surface area contributed by atoms with E-state index in [-0.39, 0.29) is 6.61 Å². The van der Waals surface area contributed by atoms with E-state index in [4.69, 9.17) is 4.74 Å². The van der Waals surface area contributed by atoms with E-state index in [1.165, 1.54) is 0 Å². The van der Waals surface area contributed by atoms with Gasteiger partial charge in [-0.05, 0) is 31.4 Å². The predicted octanol–water partition coefficient (Wildman–Crippen LogP) is 2.62. The first-order valence-electron chi connectivity index (χ1n) is 5.95. The van der Waals surface area contributed by atoms with E-state index in [1.807, 2.05) is 13.0 Å². The smallest absolute Gasteiger partial charge is 0.219 e. The molecule has 0 bridgehead atoms. The van der Waals surface area contributed by atoms with Crippen LogP contribution in [0, 0.1) is 6.92 Å². The molecule has 0 fully saturated rings. The fraction of sp³-hybridized carbons (Fsp3) is 0.615. The lowest BCUT2D eigenvalue weighted by Gasteiger charge is -2.13. The van der Waals surface area contributed by atoms with Crippen molar-refractivity contribution in [3.63, 3.8) is 0 Å². The van der Waals surface area contributed by atoms with E-state index >= 15 is 0 Å². The van der Waals surface area contributed by atoms with Crippen LogP contribution in [0.5, 0.6) is 5.88 Å². The second-order valence-corrected chi connectivity index (χ2v) is 3.92. The standard InChI is InChI=1S/C13H21NO2/c1-4-6-7-16-13-12(9-15)11(5-2)8-10(3)14-13/h8,15H,4-7,9H2,1-3H3. The fourth-order valence-corrected chi connectivity index (χ4v) is 1.65. The highest BCUT2D eigenvalue weighted by Gasteiger charge is 2.10. The van der Waals surface area contributed by atoms with Gasteiger partial charge in [0.2, 0.25) is 5.88 Å². The van der Waals surface area contributed by atoms with Crippen LogP contribution in [0.3, 0.4) is 0 Å². The topological polar surface area (TPSA) is 42.4 Å². The van der Waals surface area contributed by atoms with Crippen molar-refractivity contribution in [2.45, 2.75) is 46.6 Å². The zero-order chi connectivity index (χ0) is 12.0. The summed E-state index contributed by atoms with van der Waals surface area (Å²) in [5.74, 6) is 0.604. The molecule has 1 aromatic heterocycles. The number of aromatic nitrogens is 1. The van der Waals surface area contributed by atoms with E-state index in [1.54, 1.807) is 0 Å². The van der Waals surface area contributed by atoms with Crippen LogP contribution >= 0.6 is 0 Å². The first kappa shape index (κ1) is 13.0. The van der Waals surface area contributed by atoms with Crippen LogP contribution in [0.1, 0.15) is 43.5 Å². The van der Waals surface area contributed by atoms with Crippen molar-refractivity contribution in [2.24, 2.45) is 0 Å². The summed E-state index contributed by atoms with van der Waals surface area (Å²) >= 11 is 0. The van der Waals surface area contributed by atoms with Gasteiger partial charge in [-0.1, -0.05) is 20.3 Å². The molecule has 0 aliphatic rings. The van der Waals surface area contributed by atoms with Crippen molar-refractivity contribution < 1.29 is 9.84 Å². The lowest BCUT2D eigenvalue weighted by Crippen LogP contribution is -2.06. The zero-order valence-corrected chi connectivity index (χ0v) is 10.4. The molecule has 16 heavy (non-hydrogen) atoms. The minimum Gasteiger partial charge on any atom is -0.477 e. The van der Waals surface area contributed by atoms with Crippen LogP contribution < -0.4 is 4.74 Å². The molecule has 1 rings (SSSR count). The normalized spacial score (nSPS) is 10.5. The number of unbranched alkanes of at least 4 members (excludes halogenated alkanes) is 1. The summed E-state index contributed by atoms with van der Waals surface area (Å²) in [7, 11) is 0. The van der Waals surface area contributed by atoms with E-state index in [0.29, 0.717) is 12.5 Å². The van der Waals surface area contributed by atoms with Gasteiger partial charge in [0.15, 0.2) is 0 Å². The molecule has 0 aliphatic carbocycles. The summed E-state index contributed by atoms with van der Waals surface area (Å²) in [6, 6.07) is 2.01. The van der Waals surface area contributed by atoms with Gasteiger partial charge in [0.1, 0.15) is 0 Å². The molecular formula is C13H21NO2. The van der Waals surface area contributed by atoms with Crippen LogP contribution in [-0.2, 0) is 13.0 Å². The van der Waals surface area contributed by atoms with Crippen molar-refractivity contribution in [2.75, 3.05) is 6.61 Å². The van der Waals surface area contributed by atoms with Crippen LogP contribution in [0.2, 0.25) is 0 Å². The summed E-state index contributed by atoms with van der Waals surface area (Å²) < 4.78 is 5.62. The largest absolute Gasteiger partial charge is 0.477 e. The molecule has 0 amide bonds. The Bertz CT molecular complexity index is 337. The van der Waals surface area contributed by atoms with Crippen molar-refractivity contribution in [1.29, 1.82) is 0 Å². The number of aliphatic hydroxyl groups is 1. The van der Waals surface area contributed by atoms with Crippen molar-refractivity contribution in [3.8, 4) is 5.88 Å². The lowest BCUT2D eigenvalue weighted by atomic mass is 10.1. The average Bonchev–Trinajstić information content (AvgIpc) is 2.28. The molecule has 0 saturated carbocycles. The van der Waals surface area contributed by atoms with E-state index in [9.17, 15) is 5.11 Å². The highest BCUT2D eigenvalue weighted by atomic mass is 16.5. The highest BCUT2D eigenvalue weighted by Crippen LogP contribution is 2.22. The van der Waals surface area contributed by atoms with Gasteiger partial charge in [-0.25, -0.2) is 4.98 Å². The number of rotatable bonds is 6. The molecule has 90 valence electrons. The zero-order valence-electron chi connectivity index (χ0n) is 10.4. The highest BCUT2D eigenvalue weighted by molar-refractivity contribution is 5.36. The van der Waals surface area contributed by atoms with Gasteiger partial charge < -0.3 is 9.84 Å². The third-order valence-electron chi connectivity index (χ3n) is 2.58. The Balaban J connectivity index is 2.91. The van der Waals surface area contributed by atoms with Crippen molar-refractivity contribution >= 4 is 0 Å². The Labute approximate surface area is 97.5 Å². The summed E-state index contributed by atoms with van der Waals surface area (Å²) in [5, 5.41) is 9.36. The number of hydrogen-bond acceptors (Lipinski definition) is 3. The molecule has 0 aromatic carbocycles. The maximum atomic E-state index is 9.36. The van der Waals surface area contributed by atoms with Crippen molar-refractivity contribution in [1.82, 2.24) is 4.98 Å². The van der Waals surface area contributed by atoms with E-state index in [2.05, 4.69) is 18.8 Å². The molecule has 0 radical (unpaired) electrons. The Kier molecular flexibility index (Phi) is 5.26. The predicted molar refractivity (Wildman–Crippen MR) is 64.7 cm³/mol. The number of aliphatic hydroxyl groups excluding tert-OH is 1. The van der Waals surface area contributed by atoms with Gasteiger partial charge in [-0.3, -0.25) is 0 Å². The Morgan fingerprint density at radius 1 is 1.38 bits per heavy atom. The first-order chi connectivity index (χ1) is 7.72. The number of pyridine rings is 1. The quantitative estimate of drug-likeness (QED) is 0.754. The molecule has 1 aromatic rings. The van der Waals surface area contributed by atoms with Crippen LogP contribution in [0.25, 0.3) is 0 Å². The Morgan fingerprint density at radius 3 is 2.69 bits per heavy atom. The fourth-order valence-electron chi connectivity index (χ4n) is 1.65. The van der Waals surface area contributed by atoms with Crippen LogP contribution in [0.4, 0.5) is 0 Å². The lowest BCUT2D eigenvalue weighted by molar-refractivity contribution is 0.253. The van der Waals surface area contributed by atoms with Gasteiger partial charge in [0, 0.05) is 11.3 Å². The third kappa shape index (κ3) is 3.20.